The van der Waals surface area contributed by atoms with Gasteiger partial charge in [0, 0.05) is 48.5 Å². The van der Waals surface area contributed by atoms with E-state index < -0.39 is 58.3 Å². The van der Waals surface area contributed by atoms with Gasteiger partial charge in [0.25, 0.3) is 0 Å². The predicted octanol–water partition coefficient (Wildman–Crippen LogP) is 3.90. The van der Waals surface area contributed by atoms with Gasteiger partial charge in [0.2, 0.25) is 0 Å². The molecule has 1 N–H and O–H groups in total. The Balaban J connectivity index is 0.00000361. The molecule has 0 aromatic heterocycles. The Morgan fingerprint density at radius 1 is 0.964 bits per heavy atom. The Kier molecular flexibility index (Phi) is 6.43. The zero-order valence-electron chi connectivity index (χ0n) is 24.8. The van der Waals surface area contributed by atoms with Crippen molar-refractivity contribution in [3.8, 4) is 0 Å². The summed E-state index contributed by atoms with van der Waals surface area (Å²) in [6, 6.07) is 13.3. The van der Waals surface area contributed by atoms with Gasteiger partial charge in [-0.05, 0) is 23.3 Å². The third-order valence-corrected chi connectivity index (χ3v) is 4.05. The summed E-state index contributed by atoms with van der Waals surface area (Å²) in [5.41, 5.74) is 0.799. The minimum absolute atomic E-state index is 0. The first-order valence-electron chi connectivity index (χ1n) is 13.1. The summed E-state index contributed by atoms with van der Waals surface area (Å²) >= 11 is 6.02. The highest BCUT2D eigenvalue weighted by Crippen LogP contribution is 2.30. The number of piperazine rings is 1. The maximum absolute atomic E-state index is 9.17. The molecule has 7 heteroatoms. The molecule has 1 saturated heterocycles. The van der Waals surface area contributed by atoms with Gasteiger partial charge in [0.1, 0.15) is 0 Å². The summed E-state index contributed by atoms with van der Waals surface area (Å²) in [5, 5.41) is 9.56. The molecule has 0 spiro atoms. The van der Waals surface area contributed by atoms with Crippen molar-refractivity contribution in [1.29, 1.82) is 0 Å². The Morgan fingerprint density at radius 3 is 2.18 bits per heavy atom. The van der Waals surface area contributed by atoms with E-state index in [1.807, 2.05) is 0 Å². The molecule has 0 saturated carbocycles. The van der Waals surface area contributed by atoms with Gasteiger partial charge in [-0.25, -0.2) is 0 Å². The van der Waals surface area contributed by atoms with Crippen LogP contribution in [-0.2, 0) is 4.74 Å². The SMILES string of the molecule is Cl.Cl.[2H]C([2H])(O)COCCN1C([2H])([2H])C([2H])([2H])N([C@H](c2ccccc2)c2ccc(Cl)cc2)C([2H])([2H])C1([2H])[2H]. The molecule has 2 aromatic rings. The summed E-state index contributed by atoms with van der Waals surface area (Å²) < 4.78 is 88.9. The zero-order chi connectivity index (χ0) is 27.2. The third-order valence-electron chi connectivity index (χ3n) is 3.80. The molecule has 4 nitrogen and oxygen atoms in total. The van der Waals surface area contributed by atoms with E-state index in [2.05, 4.69) is 0 Å². The van der Waals surface area contributed by atoms with Crippen molar-refractivity contribution in [3.63, 3.8) is 0 Å². The second kappa shape index (κ2) is 13.4. The highest BCUT2D eigenvalue weighted by Gasteiger charge is 2.26. The molecular formula is C21H29Cl3N2O2. The van der Waals surface area contributed by atoms with Crippen LogP contribution in [0.2, 0.25) is 5.02 Å². The van der Waals surface area contributed by atoms with Gasteiger partial charge in [0.15, 0.2) is 0 Å². The topological polar surface area (TPSA) is 35.9 Å². The van der Waals surface area contributed by atoms with Gasteiger partial charge in [-0.3, -0.25) is 9.80 Å². The molecule has 2 aromatic carbocycles. The first kappa shape index (κ1) is 13.5. The first-order chi connectivity index (χ1) is 16.4. The van der Waals surface area contributed by atoms with Gasteiger partial charge in [0.05, 0.1) is 28.6 Å². The number of hydrogen-bond acceptors (Lipinski definition) is 4. The highest BCUT2D eigenvalue weighted by molar-refractivity contribution is 6.30. The van der Waals surface area contributed by atoms with Crippen molar-refractivity contribution in [1.82, 2.24) is 9.80 Å². The fourth-order valence-electron chi connectivity index (χ4n) is 2.57. The van der Waals surface area contributed by atoms with Crippen molar-refractivity contribution in [2.24, 2.45) is 0 Å². The normalized spacial score (nSPS) is 29.1. The highest BCUT2D eigenvalue weighted by atomic mass is 35.5. The summed E-state index contributed by atoms with van der Waals surface area (Å²) in [6.45, 7) is -16.8. The van der Waals surface area contributed by atoms with Crippen LogP contribution >= 0.6 is 36.4 Å². The maximum atomic E-state index is 9.17. The fraction of sp³-hybridized carbons (Fsp3) is 0.429. The number of hydrogen-bond donors (Lipinski definition) is 1. The second-order valence-corrected chi connectivity index (χ2v) is 5.98. The van der Waals surface area contributed by atoms with Gasteiger partial charge < -0.3 is 9.84 Å². The molecule has 1 aliphatic rings. The minimum Gasteiger partial charge on any atom is -0.394 e. The number of halogens is 3. The van der Waals surface area contributed by atoms with Crippen LogP contribution < -0.4 is 0 Å². The van der Waals surface area contributed by atoms with Crippen molar-refractivity contribution >= 4 is 36.4 Å². The molecular weight excluding hydrogens is 419 g/mol. The molecule has 0 amide bonds. The van der Waals surface area contributed by atoms with Crippen LogP contribution in [0.15, 0.2) is 54.6 Å². The van der Waals surface area contributed by atoms with Gasteiger partial charge >= 0.3 is 0 Å². The summed E-state index contributed by atoms with van der Waals surface area (Å²) in [4.78, 5) is 0.996. The van der Waals surface area contributed by atoms with Crippen LogP contribution in [0, 0.1) is 0 Å². The van der Waals surface area contributed by atoms with Crippen molar-refractivity contribution in [2.45, 2.75) is 6.04 Å². The van der Waals surface area contributed by atoms with Crippen molar-refractivity contribution in [3.05, 3.63) is 70.7 Å². The minimum atomic E-state index is -3.08. The molecule has 28 heavy (non-hydrogen) atoms. The van der Waals surface area contributed by atoms with Crippen LogP contribution in [-0.4, -0.2) is 67.2 Å². The van der Waals surface area contributed by atoms with Crippen LogP contribution in [0.5, 0.6) is 0 Å². The van der Waals surface area contributed by atoms with E-state index in [0.717, 1.165) is 0 Å². The molecule has 0 bridgehead atoms. The molecule has 1 aliphatic heterocycles. The smallest absolute Gasteiger partial charge is 0.0698 e. The Labute approximate surface area is 199 Å². The summed E-state index contributed by atoms with van der Waals surface area (Å²) in [6.07, 6.45) is 0. The van der Waals surface area contributed by atoms with E-state index in [1.54, 1.807) is 42.5 Å². The number of benzene rings is 2. The van der Waals surface area contributed by atoms with Crippen LogP contribution in [0.4, 0.5) is 0 Å². The maximum Gasteiger partial charge on any atom is 0.0698 e. The van der Waals surface area contributed by atoms with Crippen molar-refractivity contribution < 1.29 is 23.6 Å². The number of rotatable bonds is 8. The van der Waals surface area contributed by atoms with E-state index >= 15 is 0 Å². The molecule has 1 heterocycles. The lowest BCUT2D eigenvalue weighted by molar-refractivity contribution is 0.0522. The molecule has 0 aliphatic carbocycles. The summed E-state index contributed by atoms with van der Waals surface area (Å²) in [5.74, 6) is 0. The molecule has 156 valence electrons. The predicted molar refractivity (Wildman–Crippen MR) is 120 cm³/mol. The third kappa shape index (κ3) is 7.20. The van der Waals surface area contributed by atoms with E-state index in [9.17, 15) is 0 Å². The lowest BCUT2D eigenvalue weighted by atomic mass is 9.96. The number of ether oxygens (including phenoxy) is 1. The molecule has 1 fully saturated rings. The largest absolute Gasteiger partial charge is 0.394 e. The molecule has 0 radical (unpaired) electrons. The fourth-order valence-corrected chi connectivity index (χ4v) is 2.70. The number of nitrogens with zero attached hydrogens (tertiary/aromatic N) is 2. The van der Waals surface area contributed by atoms with Gasteiger partial charge in [-0.2, -0.15) is 0 Å². The molecule has 0 unspecified atom stereocenters. The van der Waals surface area contributed by atoms with E-state index in [1.165, 1.54) is 12.1 Å². The zero-order valence-corrected chi connectivity index (χ0v) is 17.2. The molecule has 3 rings (SSSR count). The van der Waals surface area contributed by atoms with Crippen LogP contribution in [0.3, 0.4) is 0 Å². The second-order valence-electron chi connectivity index (χ2n) is 5.54. The van der Waals surface area contributed by atoms with E-state index in [-0.39, 0.29) is 24.8 Å². The monoisotopic (exact) mass is 456 g/mol. The summed E-state index contributed by atoms with van der Waals surface area (Å²) in [7, 11) is 0. The van der Waals surface area contributed by atoms with Gasteiger partial charge in [-0.1, -0.05) is 54.1 Å². The van der Waals surface area contributed by atoms with Gasteiger partial charge in [-0.15, -0.1) is 24.8 Å². The first-order valence-corrected chi connectivity index (χ1v) is 8.50. The van der Waals surface area contributed by atoms with Crippen LogP contribution in [0.1, 0.15) is 30.9 Å². The standard InChI is InChI=1S/C21H27ClN2O2.2ClH/c22-20-8-6-19(7-9-20)21(18-4-2-1-3-5-18)24-12-10-23(11-13-24)14-16-26-17-15-25;;/h1-9,21,25H,10-17H2;2*1H/t21-;;/m1../s1/i10D2,11D2,12D2,13D2,15D2;;. The average Bonchev–Trinajstić information content (AvgIpc) is 2.76. The van der Waals surface area contributed by atoms with Crippen molar-refractivity contribution in [2.75, 3.05) is 52.3 Å². The Bertz CT molecular complexity index is 1020. The molecule has 1 atom stereocenters. The lowest BCUT2D eigenvalue weighted by Gasteiger charge is -2.39. The Hall–Kier alpha value is -0.850. The number of aliphatic hydroxyl groups is 1. The average molecular weight is 458 g/mol. The van der Waals surface area contributed by atoms with Crippen LogP contribution in [0.25, 0.3) is 0 Å². The lowest BCUT2D eigenvalue weighted by Crippen LogP contribution is -2.48. The van der Waals surface area contributed by atoms with E-state index in [0.29, 0.717) is 25.9 Å². The van der Waals surface area contributed by atoms with E-state index in [4.69, 9.17) is 35.2 Å². The quantitative estimate of drug-likeness (QED) is 0.610. The Morgan fingerprint density at radius 2 is 1.57 bits per heavy atom.